The number of aromatic nitrogens is 1. The highest BCUT2D eigenvalue weighted by Crippen LogP contribution is 2.21. The van der Waals surface area contributed by atoms with Gasteiger partial charge in [0.2, 0.25) is 0 Å². The molecule has 6 heteroatoms. The van der Waals surface area contributed by atoms with E-state index in [1.165, 1.54) is 0 Å². The summed E-state index contributed by atoms with van der Waals surface area (Å²) < 4.78 is 19.1. The summed E-state index contributed by atoms with van der Waals surface area (Å²) in [5.41, 5.74) is 4.25. The van der Waals surface area contributed by atoms with Crippen LogP contribution in [0.1, 0.15) is 11.3 Å². The Hall–Kier alpha value is -1.50. The van der Waals surface area contributed by atoms with E-state index in [1.54, 1.807) is 30.0 Å². The molecule has 0 radical (unpaired) electrons. The number of anilines is 1. The third kappa shape index (κ3) is 4.77. The van der Waals surface area contributed by atoms with Crippen LogP contribution in [-0.2, 0) is 17.8 Å². The molecule has 1 aromatic carbocycles. The van der Waals surface area contributed by atoms with Crippen molar-refractivity contribution in [2.45, 2.75) is 13.1 Å². The maximum atomic E-state index is 14.2. The minimum absolute atomic E-state index is 0.209. The van der Waals surface area contributed by atoms with Crippen LogP contribution >= 0.6 is 11.3 Å². The highest BCUT2D eigenvalue weighted by atomic mass is 32.1. The Balaban J connectivity index is 1.94. The van der Waals surface area contributed by atoms with Crippen molar-refractivity contribution in [2.75, 3.05) is 32.2 Å². The first kappa shape index (κ1) is 15.9. The standard InChI is InChI=1S/C15H20FN3OS/c1-19(9-13-10-21-11-18-13)15-4-3-12(7-14(15)16)8-17-5-6-20-2/h3-4,7,10-11,17H,5-6,8-9H2,1-2H3. The van der Waals surface area contributed by atoms with E-state index < -0.39 is 0 Å². The first-order valence-electron chi connectivity index (χ1n) is 6.77. The van der Waals surface area contributed by atoms with Gasteiger partial charge in [-0.05, 0) is 17.7 Å². The largest absolute Gasteiger partial charge is 0.383 e. The maximum absolute atomic E-state index is 14.2. The van der Waals surface area contributed by atoms with Gasteiger partial charge in [0.15, 0.2) is 0 Å². The number of halogens is 1. The van der Waals surface area contributed by atoms with Gasteiger partial charge in [-0.25, -0.2) is 9.37 Å². The van der Waals surface area contributed by atoms with E-state index in [2.05, 4.69) is 10.3 Å². The van der Waals surface area contributed by atoms with Gasteiger partial charge in [0.25, 0.3) is 0 Å². The number of hydrogen-bond donors (Lipinski definition) is 1. The zero-order valence-electron chi connectivity index (χ0n) is 12.3. The number of nitrogens with one attached hydrogen (secondary N) is 1. The number of ether oxygens (including phenoxy) is 1. The van der Waals surface area contributed by atoms with Crippen molar-refractivity contribution in [3.63, 3.8) is 0 Å². The van der Waals surface area contributed by atoms with Crippen LogP contribution in [-0.4, -0.2) is 32.3 Å². The Morgan fingerprint density at radius 2 is 2.29 bits per heavy atom. The molecule has 0 fully saturated rings. The average Bonchev–Trinajstić information content (AvgIpc) is 2.96. The van der Waals surface area contributed by atoms with Crippen molar-refractivity contribution in [3.8, 4) is 0 Å². The van der Waals surface area contributed by atoms with Gasteiger partial charge in [-0.15, -0.1) is 11.3 Å². The van der Waals surface area contributed by atoms with Crippen LogP contribution in [0.25, 0.3) is 0 Å². The van der Waals surface area contributed by atoms with E-state index in [4.69, 9.17) is 4.74 Å². The van der Waals surface area contributed by atoms with Crippen molar-refractivity contribution in [1.29, 1.82) is 0 Å². The summed E-state index contributed by atoms with van der Waals surface area (Å²) in [6.07, 6.45) is 0. The third-order valence-electron chi connectivity index (χ3n) is 3.12. The molecule has 0 unspecified atom stereocenters. The van der Waals surface area contributed by atoms with E-state index >= 15 is 0 Å². The minimum Gasteiger partial charge on any atom is -0.383 e. The maximum Gasteiger partial charge on any atom is 0.146 e. The highest BCUT2D eigenvalue weighted by molar-refractivity contribution is 7.07. The molecule has 0 aliphatic rings. The van der Waals surface area contributed by atoms with E-state index in [-0.39, 0.29) is 5.82 Å². The molecule has 0 saturated heterocycles. The number of benzene rings is 1. The summed E-state index contributed by atoms with van der Waals surface area (Å²) in [5.74, 6) is -0.209. The Kier molecular flexibility index (Phi) is 6.10. The van der Waals surface area contributed by atoms with Crippen LogP contribution in [0.2, 0.25) is 0 Å². The molecule has 2 aromatic rings. The van der Waals surface area contributed by atoms with Crippen molar-refractivity contribution < 1.29 is 9.13 Å². The van der Waals surface area contributed by atoms with Crippen LogP contribution in [0.5, 0.6) is 0 Å². The van der Waals surface area contributed by atoms with Crippen LogP contribution < -0.4 is 10.2 Å². The van der Waals surface area contributed by atoms with Gasteiger partial charge in [-0.2, -0.15) is 0 Å². The van der Waals surface area contributed by atoms with Crippen molar-refractivity contribution in [2.24, 2.45) is 0 Å². The molecule has 0 saturated carbocycles. The summed E-state index contributed by atoms with van der Waals surface area (Å²) in [5, 5.41) is 5.18. The zero-order chi connectivity index (χ0) is 15.1. The van der Waals surface area contributed by atoms with Crippen molar-refractivity contribution >= 4 is 17.0 Å². The van der Waals surface area contributed by atoms with E-state index in [0.29, 0.717) is 25.4 Å². The fraction of sp³-hybridized carbons (Fsp3) is 0.400. The van der Waals surface area contributed by atoms with Gasteiger partial charge >= 0.3 is 0 Å². The smallest absolute Gasteiger partial charge is 0.146 e. The Morgan fingerprint density at radius 1 is 1.43 bits per heavy atom. The summed E-state index contributed by atoms with van der Waals surface area (Å²) in [6.45, 7) is 2.64. The lowest BCUT2D eigenvalue weighted by Gasteiger charge is -2.19. The molecule has 0 aliphatic heterocycles. The lowest BCUT2D eigenvalue weighted by atomic mass is 10.2. The molecule has 0 spiro atoms. The van der Waals surface area contributed by atoms with Gasteiger partial charge in [0, 0.05) is 32.6 Å². The van der Waals surface area contributed by atoms with Gasteiger partial charge in [0.1, 0.15) is 5.82 Å². The molecule has 0 atom stereocenters. The van der Waals surface area contributed by atoms with E-state index in [9.17, 15) is 4.39 Å². The predicted molar refractivity (Wildman–Crippen MR) is 84.2 cm³/mol. The fourth-order valence-corrected chi connectivity index (χ4v) is 2.57. The van der Waals surface area contributed by atoms with Crippen molar-refractivity contribution in [3.05, 3.63) is 46.2 Å². The van der Waals surface area contributed by atoms with Gasteiger partial charge in [0.05, 0.1) is 30.0 Å². The molecule has 1 aromatic heterocycles. The van der Waals surface area contributed by atoms with Crippen LogP contribution in [0.4, 0.5) is 10.1 Å². The summed E-state index contributed by atoms with van der Waals surface area (Å²) in [6, 6.07) is 5.33. The monoisotopic (exact) mass is 309 g/mol. The van der Waals surface area contributed by atoms with Crippen LogP contribution in [0, 0.1) is 5.82 Å². The average molecular weight is 309 g/mol. The first-order chi connectivity index (χ1) is 10.2. The molecule has 21 heavy (non-hydrogen) atoms. The quantitative estimate of drug-likeness (QED) is 0.761. The summed E-state index contributed by atoms with van der Waals surface area (Å²) in [4.78, 5) is 6.09. The van der Waals surface area contributed by atoms with Crippen molar-refractivity contribution in [1.82, 2.24) is 10.3 Å². The van der Waals surface area contributed by atoms with Gasteiger partial charge < -0.3 is 15.0 Å². The highest BCUT2D eigenvalue weighted by Gasteiger charge is 2.09. The van der Waals surface area contributed by atoms with Crippen LogP contribution in [0.15, 0.2) is 29.1 Å². The number of rotatable bonds is 8. The number of methoxy groups -OCH3 is 1. The Bertz CT molecular complexity index is 548. The summed E-state index contributed by atoms with van der Waals surface area (Å²) in [7, 11) is 3.53. The molecule has 2 rings (SSSR count). The zero-order valence-corrected chi connectivity index (χ0v) is 13.1. The number of nitrogens with zero attached hydrogens (tertiary/aromatic N) is 2. The molecule has 1 N–H and O–H groups in total. The third-order valence-corrected chi connectivity index (χ3v) is 3.75. The Labute approximate surface area is 128 Å². The molecule has 0 aliphatic carbocycles. The Morgan fingerprint density at radius 3 is 2.95 bits per heavy atom. The molecule has 114 valence electrons. The second-order valence-corrected chi connectivity index (χ2v) is 5.51. The van der Waals surface area contributed by atoms with E-state index in [1.807, 2.05) is 29.5 Å². The number of hydrogen-bond acceptors (Lipinski definition) is 5. The van der Waals surface area contributed by atoms with Crippen LogP contribution in [0.3, 0.4) is 0 Å². The topological polar surface area (TPSA) is 37.4 Å². The SMILES string of the molecule is COCCNCc1ccc(N(C)Cc2cscn2)c(F)c1. The predicted octanol–water partition coefficient (Wildman–Crippen LogP) is 2.65. The first-order valence-corrected chi connectivity index (χ1v) is 7.71. The normalized spacial score (nSPS) is 10.8. The van der Waals surface area contributed by atoms with Gasteiger partial charge in [-0.1, -0.05) is 6.07 Å². The second kappa shape index (κ2) is 8.07. The molecule has 1 heterocycles. The minimum atomic E-state index is -0.209. The van der Waals surface area contributed by atoms with E-state index in [0.717, 1.165) is 17.8 Å². The molecular formula is C15H20FN3OS. The molecule has 0 bridgehead atoms. The lowest BCUT2D eigenvalue weighted by Crippen LogP contribution is -2.20. The summed E-state index contributed by atoms with van der Waals surface area (Å²) >= 11 is 1.55. The number of thiazole rings is 1. The molecule has 4 nitrogen and oxygen atoms in total. The molecule has 0 amide bonds. The van der Waals surface area contributed by atoms with Gasteiger partial charge in [-0.3, -0.25) is 0 Å². The lowest BCUT2D eigenvalue weighted by molar-refractivity contribution is 0.199. The fourth-order valence-electron chi connectivity index (χ4n) is 2.02. The molecular weight excluding hydrogens is 289 g/mol. The second-order valence-electron chi connectivity index (χ2n) is 4.79.